The van der Waals surface area contributed by atoms with Crippen LogP contribution >= 0.6 is 0 Å². The topological polar surface area (TPSA) is 69.6 Å². The second-order valence-corrected chi connectivity index (χ2v) is 5.51. The Morgan fingerprint density at radius 3 is 3.10 bits per heavy atom. The molecule has 1 fully saturated rings. The Hall–Kier alpha value is -2.01. The molecule has 1 spiro atoms. The van der Waals surface area contributed by atoms with Gasteiger partial charge in [0.15, 0.2) is 0 Å². The van der Waals surface area contributed by atoms with Gasteiger partial charge in [-0.25, -0.2) is 0 Å². The van der Waals surface area contributed by atoms with Crippen molar-refractivity contribution in [2.24, 2.45) is 16.3 Å². The number of aliphatic hydroxyl groups excluding tert-OH is 1. The van der Waals surface area contributed by atoms with E-state index < -0.39 is 6.23 Å². The normalized spacial score (nSPS) is 34.6. The van der Waals surface area contributed by atoms with Crippen LogP contribution in [0.2, 0.25) is 0 Å². The number of hydrogen-bond donors (Lipinski definition) is 3. The zero-order valence-corrected chi connectivity index (χ0v) is 11.3. The maximum atomic E-state index is 9.98. The summed E-state index contributed by atoms with van der Waals surface area (Å²) >= 11 is 0. The number of hydrogen-bond acceptors (Lipinski definition) is 4. The summed E-state index contributed by atoms with van der Waals surface area (Å²) in [6.07, 6.45) is 6.23. The standard InChI is InChI=1S/C15H17N3O2/c1-20-11-4-5-12-15(7-9(11)15)14(10-3-2-6-16-10)17-8-13(19)18-12/h2-6,9,13,16,18-19H,7-8H2,1H3. The monoisotopic (exact) mass is 271 g/mol. The van der Waals surface area contributed by atoms with E-state index in [1.807, 2.05) is 30.5 Å². The van der Waals surface area contributed by atoms with Gasteiger partial charge in [-0.05, 0) is 30.7 Å². The number of H-pyrrole nitrogens is 1. The first-order chi connectivity index (χ1) is 9.75. The van der Waals surface area contributed by atoms with Crippen LogP contribution < -0.4 is 5.32 Å². The molecule has 2 heterocycles. The largest absolute Gasteiger partial charge is 0.501 e. The molecule has 3 unspecified atom stereocenters. The molecule has 0 saturated heterocycles. The van der Waals surface area contributed by atoms with Crippen molar-refractivity contribution in [3.63, 3.8) is 0 Å². The van der Waals surface area contributed by atoms with Crippen molar-refractivity contribution < 1.29 is 9.84 Å². The van der Waals surface area contributed by atoms with Crippen LogP contribution in [-0.2, 0) is 4.74 Å². The van der Waals surface area contributed by atoms with E-state index in [9.17, 15) is 5.11 Å². The number of ether oxygens (including phenoxy) is 1. The van der Waals surface area contributed by atoms with Crippen molar-refractivity contribution in [2.75, 3.05) is 13.7 Å². The van der Waals surface area contributed by atoms with Gasteiger partial charge in [-0.3, -0.25) is 4.99 Å². The minimum atomic E-state index is -0.635. The van der Waals surface area contributed by atoms with Crippen LogP contribution in [0.5, 0.6) is 0 Å². The van der Waals surface area contributed by atoms with Crippen LogP contribution in [0.25, 0.3) is 0 Å². The number of nitrogens with zero attached hydrogens (tertiary/aromatic N) is 1. The highest BCUT2D eigenvalue weighted by molar-refractivity contribution is 6.08. The van der Waals surface area contributed by atoms with E-state index in [1.165, 1.54) is 0 Å². The van der Waals surface area contributed by atoms with Gasteiger partial charge in [0.05, 0.1) is 30.5 Å². The first-order valence-electron chi connectivity index (χ1n) is 6.85. The summed E-state index contributed by atoms with van der Waals surface area (Å²) in [6, 6.07) is 4.00. The fourth-order valence-electron chi connectivity index (χ4n) is 3.46. The Balaban J connectivity index is 1.84. The molecule has 1 aromatic rings. The van der Waals surface area contributed by atoms with E-state index in [0.717, 1.165) is 29.3 Å². The molecule has 0 aromatic carbocycles. The SMILES string of the molecule is COC1=CC=C2NC(O)CN=C(c3ccc[nH]3)C23CC13. The summed E-state index contributed by atoms with van der Waals surface area (Å²) in [7, 11) is 1.71. The molecule has 0 amide bonds. The number of rotatable bonds is 2. The lowest BCUT2D eigenvalue weighted by Crippen LogP contribution is -2.35. The zero-order valence-electron chi connectivity index (χ0n) is 11.3. The summed E-state index contributed by atoms with van der Waals surface area (Å²) in [5, 5.41) is 13.2. The van der Waals surface area contributed by atoms with Gasteiger partial charge in [-0.1, -0.05) is 0 Å². The first-order valence-corrected chi connectivity index (χ1v) is 6.85. The number of aromatic nitrogens is 1. The average Bonchev–Trinajstić information content (AvgIpc) is 3.02. The molecule has 3 N–H and O–H groups in total. The van der Waals surface area contributed by atoms with E-state index in [1.54, 1.807) is 7.11 Å². The molecule has 3 aliphatic rings. The molecular weight excluding hydrogens is 254 g/mol. The summed E-state index contributed by atoms with van der Waals surface area (Å²) in [6.45, 7) is 0.364. The summed E-state index contributed by atoms with van der Waals surface area (Å²) in [5.74, 6) is 1.30. The third kappa shape index (κ3) is 1.44. The predicted molar refractivity (Wildman–Crippen MR) is 75.1 cm³/mol. The van der Waals surface area contributed by atoms with Crippen LogP contribution in [0, 0.1) is 11.3 Å². The Morgan fingerprint density at radius 1 is 1.45 bits per heavy atom. The molecule has 4 rings (SSSR count). The molecule has 1 aromatic heterocycles. The van der Waals surface area contributed by atoms with Crippen LogP contribution in [0.1, 0.15) is 12.1 Å². The third-order valence-electron chi connectivity index (χ3n) is 4.45. The van der Waals surface area contributed by atoms with Crippen LogP contribution in [-0.4, -0.2) is 35.7 Å². The maximum absolute atomic E-state index is 9.98. The van der Waals surface area contributed by atoms with Crippen LogP contribution in [0.3, 0.4) is 0 Å². The molecule has 3 atom stereocenters. The van der Waals surface area contributed by atoms with Crippen molar-refractivity contribution in [1.82, 2.24) is 10.3 Å². The molecule has 1 aliphatic heterocycles. The molecule has 1 saturated carbocycles. The second kappa shape index (κ2) is 3.99. The van der Waals surface area contributed by atoms with Gasteiger partial charge in [0.1, 0.15) is 12.0 Å². The second-order valence-electron chi connectivity index (χ2n) is 5.51. The Labute approximate surface area is 117 Å². The number of methoxy groups -OCH3 is 1. The van der Waals surface area contributed by atoms with E-state index in [0.29, 0.717) is 12.5 Å². The fraction of sp³-hybridized carbons (Fsp3) is 0.400. The minimum absolute atomic E-state index is 0.164. The molecule has 0 bridgehead atoms. The highest BCUT2D eigenvalue weighted by atomic mass is 16.5. The highest BCUT2D eigenvalue weighted by Crippen LogP contribution is 2.64. The van der Waals surface area contributed by atoms with Gasteiger partial charge < -0.3 is 20.1 Å². The smallest absolute Gasteiger partial charge is 0.144 e. The zero-order chi connectivity index (χ0) is 13.7. The minimum Gasteiger partial charge on any atom is -0.501 e. The van der Waals surface area contributed by atoms with E-state index in [2.05, 4.69) is 15.3 Å². The van der Waals surface area contributed by atoms with Crippen molar-refractivity contribution in [1.29, 1.82) is 0 Å². The average molecular weight is 271 g/mol. The quantitative estimate of drug-likeness (QED) is 0.756. The number of aromatic amines is 1. The number of nitrogens with one attached hydrogen (secondary N) is 2. The van der Waals surface area contributed by atoms with Gasteiger partial charge in [0.2, 0.25) is 0 Å². The molecular formula is C15H17N3O2. The molecule has 20 heavy (non-hydrogen) atoms. The number of allylic oxidation sites excluding steroid dienone is 4. The lowest BCUT2D eigenvalue weighted by atomic mass is 9.87. The Morgan fingerprint density at radius 2 is 2.35 bits per heavy atom. The number of aliphatic hydroxyl groups is 1. The summed E-state index contributed by atoms with van der Waals surface area (Å²) in [4.78, 5) is 7.90. The van der Waals surface area contributed by atoms with E-state index >= 15 is 0 Å². The summed E-state index contributed by atoms with van der Waals surface area (Å²) in [5.41, 5.74) is 2.92. The van der Waals surface area contributed by atoms with Crippen LogP contribution in [0.4, 0.5) is 0 Å². The van der Waals surface area contributed by atoms with Gasteiger partial charge >= 0.3 is 0 Å². The van der Waals surface area contributed by atoms with E-state index in [4.69, 9.17) is 4.74 Å². The Bertz CT molecular complexity index is 630. The van der Waals surface area contributed by atoms with Gasteiger partial charge in [-0.2, -0.15) is 0 Å². The molecule has 0 radical (unpaired) electrons. The first kappa shape index (κ1) is 11.8. The maximum Gasteiger partial charge on any atom is 0.144 e. The van der Waals surface area contributed by atoms with Crippen LogP contribution in [0.15, 0.2) is 46.9 Å². The van der Waals surface area contributed by atoms with Crippen molar-refractivity contribution in [3.8, 4) is 0 Å². The lowest BCUT2D eigenvalue weighted by Gasteiger charge is -2.25. The van der Waals surface area contributed by atoms with Crippen molar-refractivity contribution in [2.45, 2.75) is 12.6 Å². The van der Waals surface area contributed by atoms with Crippen molar-refractivity contribution in [3.05, 3.63) is 47.6 Å². The molecule has 104 valence electrons. The molecule has 2 aliphatic carbocycles. The lowest BCUT2D eigenvalue weighted by molar-refractivity contribution is 0.156. The predicted octanol–water partition coefficient (Wildman–Crippen LogP) is 1.16. The molecule has 5 nitrogen and oxygen atoms in total. The molecule has 5 heteroatoms. The van der Waals surface area contributed by atoms with Gasteiger partial charge in [0.25, 0.3) is 0 Å². The summed E-state index contributed by atoms with van der Waals surface area (Å²) < 4.78 is 5.48. The van der Waals surface area contributed by atoms with Gasteiger partial charge in [-0.15, -0.1) is 0 Å². The number of aliphatic imine (C=N–C) groups is 1. The van der Waals surface area contributed by atoms with Crippen molar-refractivity contribution >= 4 is 5.71 Å². The van der Waals surface area contributed by atoms with E-state index in [-0.39, 0.29) is 5.41 Å². The Kier molecular flexibility index (Phi) is 2.35. The third-order valence-corrected chi connectivity index (χ3v) is 4.45. The fourth-order valence-corrected chi connectivity index (χ4v) is 3.46. The highest BCUT2D eigenvalue weighted by Gasteiger charge is 2.64. The van der Waals surface area contributed by atoms with Gasteiger partial charge in [0, 0.05) is 17.8 Å².